The standard InChI is InChI=1S/C32H25F4N3O4/c1-17-10-20(33)5-6-22(17)30-18(2)39(16-29(35)36)15-23(32(30)41)26(40)12-19-4-7-27(24(34)11-19)43-28-8-9-37-25-13-21(42-3)14-38-31(25)28/h4-11,13-15,29H,12,16H2,1-3H3. The van der Waals surface area contributed by atoms with Crippen molar-refractivity contribution in [2.24, 2.45) is 0 Å². The number of hydrogen-bond acceptors (Lipinski definition) is 6. The molecule has 11 heteroatoms. The summed E-state index contributed by atoms with van der Waals surface area (Å²) in [6.07, 6.45) is 0.909. The van der Waals surface area contributed by atoms with Gasteiger partial charge in [0.05, 0.1) is 30.9 Å². The number of rotatable bonds is 9. The van der Waals surface area contributed by atoms with E-state index < -0.39 is 35.8 Å². The monoisotopic (exact) mass is 591 g/mol. The Morgan fingerprint density at radius 3 is 2.49 bits per heavy atom. The molecule has 43 heavy (non-hydrogen) atoms. The molecule has 0 aliphatic rings. The highest BCUT2D eigenvalue weighted by Crippen LogP contribution is 2.31. The van der Waals surface area contributed by atoms with Crippen molar-refractivity contribution in [1.29, 1.82) is 0 Å². The van der Waals surface area contributed by atoms with Crippen molar-refractivity contribution >= 4 is 16.8 Å². The Labute approximate surface area is 243 Å². The first-order valence-corrected chi connectivity index (χ1v) is 13.1. The second-order valence-electron chi connectivity index (χ2n) is 9.85. The van der Waals surface area contributed by atoms with Gasteiger partial charge in [0, 0.05) is 42.2 Å². The molecule has 5 aromatic rings. The summed E-state index contributed by atoms with van der Waals surface area (Å²) < 4.78 is 67.8. The zero-order chi connectivity index (χ0) is 30.8. The second-order valence-corrected chi connectivity index (χ2v) is 9.85. The van der Waals surface area contributed by atoms with E-state index in [1.165, 1.54) is 56.8 Å². The molecule has 2 aromatic carbocycles. The predicted octanol–water partition coefficient (Wildman–Crippen LogP) is 6.84. The molecular weight excluding hydrogens is 566 g/mol. The molecule has 0 saturated carbocycles. The van der Waals surface area contributed by atoms with Gasteiger partial charge in [-0.15, -0.1) is 0 Å². The number of carbonyl (C=O) groups is 1. The average Bonchev–Trinajstić information content (AvgIpc) is 2.96. The zero-order valence-corrected chi connectivity index (χ0v) is 23.3. The fourth-order valence-corrected chi connectivity index (χ4v) is 4.83. The van der Waals surface area contributed by atoms with E-state index in [2.05, 4.69) is 9.97 Å². The summed E-state index contributed by atoms with van der Waals surface area (Å²) in [4.78, 5) is 35.4. The third-order valence-corrected chi connectivity index (χ3v) is 6.97. The van der Waals surface area contributed by atoms with Gasteiger partial charge in [-0.25, -0.2) is 22.5 Å². The van der Waals surface area contributed by atoms with Crippen LogP contribution in [0.5, 0.6) is 17.2 Å². The van der Waals surface area contributed by atoms with Crippen LogP contribution in [-0.4, -0.2) is 33.9 Å². The maximum atomic E-state index is 15.1. The van der Waals surface area contributed by atoms with E-state index in [4.69, 9.17) is 9.47 Å². The Hall–Kier alpha value is -5.06. The number of pyridine rings is 3. The fraction of sp³-hybridized carbons (Fsp3) is 0.188. The summed E-state index contributed by atoms with van der Waals surface area (Å²) in [6.45, 7) is 2.31. The lowest BCUT2D eigenvalue weighted by Crippen LogP contribution is -2.25. The number of Topliss-reactive ketones (excluding diaryl/α,β-unsaturated/α-hetero) is 1. The Balaban J connectivity index is 1.46. The highest BCUT2D eigenvalue weighted by atomic mass is 19.3. The van der Waals surface area contributed by atoms with Crippen molar-refractivity contribution in [3.63, 3.8) is 0 Å². The summed E-state index contributed by atoms with van der Waals surface area (Å²) >= 11 is 0. The molecule has 0 saturated heterocycles. The van der Waals surface area contributed by atoms with Gasteiger partial charge in [-0.1, -0.05) is 12.1 Å². The Morgan fingerprint density at radius 2 is 1.79 bits per heavy atom. The Kier molecular flexibility index (Phi) is 8.24. The number of methoxy groups -OCH3 is 1. The number of ether oxygens (including phenoxy) is 2. The van der Waals surface area contributed by atoms with E-state index in [9.17, 15) is 22.8 Å². The minimum atomic E-state index is -2.76. The van der Waals surface area contributed by atoms with Gasteiger partial charge in [-0.2, -0.15) is 0 Å². The van der Waals surface area contributed by atoms with Crippen LogP contribution in [0.4, 0.5) is 17.6 Å². The van der Waals surface area contributed by atoms with Crippen LogP contribution in [0.15, 0.2) is 71.9 Å². The van der Waals surface area contributed by atoms with Gasteiger partial charge in [0.25, 0.3) is 6.43 Å². The summed E-state index contributed by atoms with van der Waals surface area (Å²) in [5.74, 6) is -1.39. The molecular formula is C32H25F4N3O4. The molecule has 0 atom stereocenters. The van der Waals surface area contributed by atoms with Crippen LogP contribution >= 0.6 is 0 Å². The SMILES string of the molecule is COc1cnc2c(Oc3ccc(CC(=O)c4cn(CC(F)F)c(C)c(-c5ccc(F)cc5C)c4=O)cc3F)ccnc2c1. The number of ketones is 1. The molecule has 0 unspecified atom stereocenters. The number of alkyl halides is 2. The Morgan fingerprint density at radius 1 is 1.00 bits per heavy atom. The van der Waals surface area contributed by atoms with Crippen LogP contribution < -0.4 is 14.9 Å². The predicted molar refractivity (Wildman–Crippen MR) is 152 cm³/mol. The van der Waals surface area contributed by atoms with Gasteiger partial charge < -0.3 is 14.0 Å². The lowest BCUT2D eigenvalue weighted by molar-refractivity contribution is 0.0988. The van der Waals surface area contributed by atoms with Crippen molar-refractivity contribution in [2.45, 2.75) is 33.2 Å². The number of aryl methyl sites for hydroxylation is 1. The molecule has 7 nitrogen and oxygen atoms in total. The smallest absolute Gasteiger partial charge is 0.256 e. The van der Waals surface area contributed by atoms with Crippen molar-refractivity contribution in [2.75, 3.05) is 7.11 Å². The lowest BCUT2D eigenvalue weighted by atomic mass is 9.95. The van der Waals surface area contributed by atoms with Gasteiger partial charge in [0.1, 0.15) is 17.1 Å². The molecule has 3 heterocycles. The van der Waals surface area contributed by atoms with E-state index in [-0.39, 0.29) is 40.3 Å². The summed E-state index contributed by atoms with van der Waals surface area (Å²) in [6, 6.07) is 10.8. The number of carbonyl (C=O) groups excluding carboxylic acids is 1. The average molecular weight is 592 g/mol. The first-order valence-electron chi connectivity index (χ1n) is 13.1. The molecule has 0 amide bonds. The number of halogens is 4. The normalized spacial score (nSPS) is 11.3. The molecule has 0 radical (unpaired) electrons. The van der Waals surface area contributed by atoms with E-state index in [1.54, 1.807) is 13.0 Å². The molecule has 0 aliphatic heterocycles. The minimum absolute atomic E-state index is 0.0229. The van der Waals surface area contributed by atoms with Gasteiger partial charge >= 0.3 is 0 Å². The number of hydrogen-bond donors (Lipinski definition) is 0. The summed E-state index contributed by atoms with van der Waals surface area (Å²) in [5, 5.41) is 0. The summed E-state index contributed by atoms with van der Waals surface area (Å²) in [7, 11) is 1.49. The first-order chi connectivity index (χ1) is 20.5. The summed E-state index contributed by atoms with van der Waals surface area (Å²) in [5.41, 5.74) is 1.03. The lowest BCUT2D eigenvalue weighted by Gasteiger charge is -2.18. The van der Waals surface area contributed by atoms with Crippen LogP contribution in [0.25, 0.3) is 22.2 Å². The van der Waals surface area contributed by atoms with Crippen LogP contribution in [0.2, 0.25) is 0 Å². The zero-order valence-electron chi connectivity index (χ0n) is 23.3. The number of aromatic nitrogens is 3. The maximum absolute atomic E-state index is 15.1. The molecule has 0 spiro atoms. The fourth-order valence-electron chi connectivity index (χ4n) is 4.83. The van der Waals surface area contributed by atoms with Gasteiger partial charge in [-0.05, 0) is 54.8 Å². The second kappa shape index (κ2) is 12.0. The van der Waals surface area contributed by atoms with Crippen molar-refractivity contribution in [1.82, 2.24) is 14.5 Å². The van der Waals surface area contributed by atoms with E-state index in [0.29, 0.717) is 27.9 Å². The van der Waals surface area contributed by atoms with Crippen LogP contribution in [0, 0.1) is 25.5 Å². The van der Waals surface area contributed by atoms with E-state index in [1.807, 2.05) is 0 Å². The van der Waals surface area contributed by atoms with Gasteiger partial charge in [0.2, 0.25) is 0 Å². The molecule has 0 bridgehead atoms. The number of fused-ring (bicyclic) bond motifs is 1. The van der Waals surface area contributed by atoms with Crippen molar-refractivity contribution < 1.29 is 31.8 Å². The van der Waals surface area contributed by atoms with Crippen LogP contribution in [0.1, 0.15) is 27.2 Å². The van der Waals surface area contributed by atoms with Gasteiger partial charge in [-0.3, -0.25) is 14.6 Å². The molecule has 0 N–H and O–H groups in total. The minimum Gasteiger partial charge on any atom is -0.495 e. The molecule has 0 fully saturated rings. The maximum Gasteiger partial charge on any atom is 0.256 e. The molecule has 3 aromatic heterocycles. The molecule has 220 valence electrons. The highest BCUT2D eigenvalue weighted by molar-refractivity contribution is 5.98. The molecule has 5 rings (SSSR count). The Bertz CT molecular complexity index is 1920. The van der Waals surface area contributed by atoms with Crippen molar-refractivity contribution in [3.8, 4) is 28.4 Å². The van der Waals surface area contributed by atoms with Crippen molar-refractivity contribution in [3.05, 3.63) is 111 Å². The third-order valence-electron chi connectivity index (χ3n) is 6.97. The van der Waals surface area contributed by atoms with E-state index in [0.717, 1.165) is 22.9 Å². The van der Waals surface area contributed by atoms with E-state index >= 15 is 4.39 Å². The largest absolute Gasteiger partial charge is 0.495 e. The third kappa shape index (κ3) is 6.11. The topological polar surface area (TPSA) is 83.3 Å². The van der Waals surface area contributed by atoms with Crippen LogP contribution in [-0.2, 0) is 13.0 Å². The first kappa shape index (κ1) is 29.4. The number of benzene rings is 2. The van der Waals surface area contributed by atoms with Crippen LogP contribution in [0.3, 0.4) is 0 Å². The van der Waals surface area contributed by atoms with Gasteiger partial charge in [0.15, 0.2) is 28.5 Å². The highest BCUT2D eigenvalue weighted by Gasteiger charge is 2.22. The quantitative estimate of drug-likeness (QED) is 0.138. The number of nitrogens with zero attached hydrogens (tertiary/aromatic N) is 3. The molecule has 0 aliphatic carbocycles.